The third kappa shape index (κ3) is 4.05. The minimum Gasteiger partial charge on any atom is -0.491 e. The van der Waals surface area contributed by atoms with Gasteiger partial charge < -0.3 is 10.1 Å². The fourth-order valence-corrected chi connectivity index (χ4v) is 2.45. The first-order valence-electron chi connectivity index (χ1n) is 7.30. The van der Waals surface area contributed by atoms with Gasteiger partial charge in [0.25, 0.3) is 0 Å². The van der Waals surface area contributed by atoms with E-state index in [1.807, 2.05) is 39.0 Å². The lowest BCUT2D eigenvalue weighted by Crippen LogP contribution is -2.45. The monoisotopic (exact) mass is 276 g/mol. The molecule has 0 atom stereocenters. The van der Waals surface area contributed by atoms with Crippen molar-refractivity contribution < 1.29 is 9.53 Å². The molecule has 110 valence electrons. The van der Waals surface area contributed by atoms with Crippen LogP contribution < -0.4 is 10.1 Å². The lowest BCUT2D eigenvalue weighted by atomic mass is 10.0. The summed E-state index contributed by atoms with van der Waals surface area (Å²) in [5.74, 6) is 1.02. The molecule has 0 saturated carbocycles. The van der Waals surface area contributed by atoms with E-state index in [0.29, 0.717) is 6.54 Å². The van der Waals surface area contributed by atoms with E-state index in [0.717, 1.165) is 43.1 Å². The Morgan fingerprint density at radius 1 is 1.35 bits per heavy atom. The summed E-state index contributed by atoms with van der Waals surface area (Å²) in [7, 11) is 0. The maximum absolute atomic E-state index is 12.4. The average Bonchev–Trinajstić information content (AvgIpc) is 2.39. The zero-order valence-electron chi connectivity index (χ0n) is 12.6. The highest BCUT2D eigenvalue weighted by Crippen LogP contribution is 2.19. The minimum atomic E-state index is 0.150. The Balaban J connectivity index is 2.02. The minimum absolute atomic E-state index is 0.150. The van der Waals surface area contributed by atoms with Gasteiger partial charge in [-0.25, -0.2) is 0 Å². The summed E-state index contributed by atoms with van der Waals surface area (Å²) in [5.41, 5.74) is 1.79. The van der Waals surface area contributed by atoms with Gasteiger partial charge in [-0.3, -0.25) is 9.69 Å². The Bertz CT molecular complexity index is 466. The van der Waals surface area contributed by atoms with E-state index in [4.69, 9.17) is 4.74 Å². The Morgan fingerprint density at radius 2 is 2.05 bits per heavy atom. The first-order valence-corrected chi connectivity index (χ1v) is 7.30. The molecule has 1 fully saturated rings. The summed E-state index contributed by atoms with van der Waals surface area (Å²) in [6.07, 6.45) is 0.150. The van der Waals surface area contributed by atoms with E-state index in [1.165, 1.54) is 0 Å². The van der Waals surface area contributed by atoms with Crippen molar-refractivity contribution >= 4 is 5.78 Å². The van der Waals surface area contributed by atoms with Crippen LogP contribution in [0.15, 0.2) is 18.2 Å². The summed E-state index contributed by atoms with van der Waals surface area (Å²) in [5, 5.41) is 3.30. The molecule has 0 bridgehead atoms. The highest BCUT2D eigenvalue weighted by atomic mass is 16.5. The number of hydrogen-bond acceptors (Lipinski definition) is 4. The molecule has 0 amide bonds. The van der Waals surface area contributed by atoms with Gasteiger partial charge in [0, 0.05) is 31.7 Å². The quantitative estimate of drug-likeness (QED) is 0.834. The first kappa shape index (κ1) is 15.0. The van der Waals surface area contributed by atoms with Crippen LogP contribution in [0.4, 0.5) is 0 Å². The molecule has 4 heteroatoms. The van der Waals surface area contributed by atoms with Crippen LogP contribution in [0.1, 0.15) is 29.8 Å². The van der Waals surface area contributed by atoms with Gasteiger partial charge in [0.15, 0.2) is 5.78 Å². The second kappa shape index (κ2) is 6.86. The molecule has 0 spiro atoms. The number of benzene rings is 1. The number of carbonyl (C=O) groups excluding carboxylic acids is 1. The van der Waals surface area contributed by atoms with Gasteiger partial charge in [-0.2, -0.15) is 0 Å². The van der Waals surface area contributed by atoms with Crippen molar-refractivity contribution in [2.75, 3.05) is 32.7 Å². The smallest absolute Gasteiger partial charge is 0.177 e. The number of aryl methyl sites for hydroxylation is 1. The van der Waals surface area contributed by atoms with E-state index < -0.39 is 0 Å². The van der Waals surface area contributed by atoms with Gasteiger partial charge in [0.1, 0.15) is 5.75 Å². The molecular formula is C16H24N2O2. The van der Waals surface area contributed by atoms with Crippen LogP contribution in [0.3, 0.4) is 0 Å². The molecule has 1 aromatic carbocycles. The molecule has 0 aliphatic carbocycles. The number of ketones is 1. The van der Waals surface area contributed by atoms with Gasteiger partial charge in [0.05, 0.1) is 12.6 Å². The molecule has 0 unspecified atom stereocenters. The van der Waals surface area contributed by atoms with Crippen molar-refractivity contribution in [3.05, 3.63) is 29.3 Å². The molecule has 1 N–H and O–H groups in total. The Kier molecular flexibility index (Phi) is 5.15. The van der Waals surface area contributed by atoms with Crippen LogP contribution in [0, 0.1) is 6.92 Å². The first-order chi connectivity index (χ1) is 9.56. The van der Waals surface area contributed by atoms with Gasteiger partial charge in [-0.1, -0.05) is 0 Å². The van der Waals surface area contributed by atoms with Crippen molar-refractivity contribution in [3.8, 4) is 5.75 Å². The van der Waals surface area contributed by atoms with Crippen molar-refractivity contribution in [2.45, 2.75) is 26.9 Å². The second-order valence-electron chi connectivity index (χ2n) is 5.59. The van der Waals surface area contributed by atoms with Crippen LogP contribution in [-0.2, 0) is 0 Å². The van der Waals surface area contributed by atoms with E-state index in [2.05, 4.69) is 10.2 Å². The topological polar surface area (TPSA) is 41.6 Å². The zero-order valence-corrected chi connectivity index (χ0v) is 12.6. The van der Waals surface area contributed by atoms with Crippen molar-refractivity contribution in [3.63, 3.8) is 0 Å². The van der Waals surface area contributed by atoms with Gasteiger partial charge in [0.2, 0.25) is 0 Å². The maximum Gasteiger partial charge on any atom is 0.177 e. The standard InChI is InChI=1S/C16H24N2O2/c1-12(2)20-14-4-5-15(13(3)10-14)16(19)11-18-8-6-17-7-9-18/h4-5,10,12,17H,6-9,11H2,1-3H3. The normalized spacial score (nSPS) is 16.4. The van der Waals surface area contributed by atoms with Crippen LogP contribution in [0.2, 0.25) is 0 Å². The van der Waals surface area contributed by atoms with E-state index in [-0.39, 0.29) is 11.9 Å². The fourth-order valence-electron chi connectivity index (χ4n) is 2.45. The Labute approximate surface area is 121 Å². The lowest BCUT2D eigenvalue weighted by molar-refractivity contribution is 0.0921. The highest BCUT2D eigenvalue weighted by Gasteiger charge is 2.16. The largest absolute Gasteiger partial charge is 0.491 e. The van der Waals surface area contributed by atoms with Crippen LogP contribution in [0.5, 0.6) is 5.75 Å². The Morgan fingerprint density at radius 3 is 2.65 bits per heavy atom. The highest BCUT2D eigenvalue weighted by molar-refractivity contribution is 5.99. The SMILES string of the molecule is Cc1cc(OC(C)C)ccc1C(=O)CN1CCNCC1. The van der Waals surface area contributed by atoms with E-state index >= 15 is 0 Å². The van der Waals surface area contributed by atoms with Crippen LogP contribution in [-0.4, -0.2) is 49.5 Å². The molecule has 0 aromatic heterocycles. The average molecular weight is 276 g/mol. The van der Waals surface area contributed by atoms with Crippen molar-refractivity contribution in [2.24, 2.45) is 0 Å². The molecule has 1 heterocycles. The zero-order chi connectivity index (χ0) is 14.5. The number of nitrogens with one attached hydrogen (secondary N) is 1. The van der Waals surface area contributed by atoms with Gasteiger partial charge >= 0.3 is 0 Å². The number of nitrogens with zero attached hydrogens (tertiary/aromatic N) is 1. The molecule has 0 radical (unpaired) electrons. The molecule has 1 aliphatic rings. The molecule has 1 aliphatic heterocycles. The summed E-state index contributed by atoms with van der Waals surface area (Å²) in [6, 6.07) is 5.72. The second-order valence-corrected chi connectivity index (χ2v) is 5.59. The van der Waals surface area contributed by atoms with Crippen LogP contribution in [0.25, 0.3) is 0 Å². The van der Waals surface area contributed by atoms with Crippen molar-refractivity contribution in [1.29, 1.82) is 0 Å². The number of piperazine rings is 1. The van der Waals surface area contributed by atoms with E-state index in [9.17, 15) is 4.79 Å². The number of carbonyl (C=O) groups is 1. The summed E-state index contributed by atoms with van der Waals surface area (Å²) < 4.78 is 5.65. The lowest BCUT2D eigenvalue weighted by Gasteiger charge is -2.26. The number of rotatable bonds is 5. The predicted molar refractivity (Wildman–Crippen MR) is 80.6 cm³/mol. The van der Waals surface area contributed by atoms with Crippen molar-refractivity contribution in [1.82, 2.24) is 10.2 Å². The number of Topliss-reactive ketones (excluding diaryl/α,β-unsaturated/α-hetero) is 1. The molecule has 1 saturated heterocycles. The number of ether oxygens (including phenoxy) is 1. The molecule has 20 heavy (non-hydrogen) atoms. The third-order valence-electron chi connectivity index (χ3n) is 3.45. The summed E-state index contributed by atoms with van der Waals surface area (Å²) in [6.45, 7) is 10.3. The van der Waals surface area contributed by atoms with E-state index in [1.54, 1.807) is 0 Å². The third-order valence-corrected chi connectivity index (χ3v) is 3.45. The summed E-state index contributed by atoms with van der Waals surface area (Å²) >= 11 is 0. The molecule has 4 nitrogen and oxygen atoms in total. The molecular weight excluding hydrogens is 252 g/mol. The fraction of sp³-hybridized carbons (Fsp3) is 0.562. The number of hydrogen-bond donors (Lipinski definition) is 1. The predicted octanol–water partition coefficient (Wildman–Crippen LogP) is 1.87. The Hall–Kier alpha value is -1.39. The summed E-state index contributed by atoms with van der Waals surface area (Å²) in [4.78, 5) is 14.6. The van der Waals surface area contributed by atoms with Gasteiger partial charge in [-0.05, 0) is 44.5 Å². The van der Waals surface area contributed by atoms with Gasteiger partial charge in [-0.15, -0.1) is 0 Å². The molecule has 2 rings (SSSR count). The molecule has 1 aromatic rings. The maximum atomic E-state index is 12.4. The van der Waals surface area contributed by atoms with Crippen LogP contribution >= 0.6 is 0 Å².